The molecule has 1 saturated heterocycles. The number of aromatic nitrogens is 2. The van der Waals surface area contributed by atoms with Gasteiger partial charge in [-0.3, -0.25) is 24.2 Å². The Bertz CT molecular complexity index is 1640. The van der Waals surface area contributed by atoms with Crippen LogP contribution in [0.4, 0.5) is 20.4 Å². The molecule has 1 aliphatic heterocycles. The Balaban J connectivity index is 1.62. The first-order valence-corrected chi connectivity index (χ1v) is 15.0. The summed E-state index contributed by atoms with van der Waals surface area (Å²) in [6.45, 7) is 1.72. The average Bonchev–Trinajstić information content (AvgIpc) is 3.43. The van der Waals surface area contributed by atoms with Crippen LogP contribution in [0.15, 0.2) is 60.8 Å². The van der Waals surface area contributed by atoms with Gasteiger partial charge in [-0.2, -0.15) is 10.5 Å². The van der Waals surface area contributed by atoms with Crippen molar-refractivity contribution in [3.05, 3.63) is 72.1 Å². The monoisotopic (exact) mass is 633 g/mol. The van der Waals surface area contributed by atoms with E-state index in [0.717, 1.165) is 4.90 Å². The number of rotatable bonds is 7. The van der Waals surface area contributed by atoms with Crippen LogP contribution >= 0.6 is 11.6 Å². The second kappa shape index (κ2) is 12.7. The van der Waals surface area contributed by atoms with E-state index in [1.54, 1.807) is 49.4 Å². The van der Waals surface area contributed by atoms with Crippen LogP contribution in [0.2, 0.25) is 0 Å². The number of anilines is 2. The van der Waals surface area contributed by atoms with Crippen LogP contribution in [0.5, 0.6) is 0 Å². The lowest BCUT2D eigenvalue weighted by molar-refractivity contribution is -0.130. The van der Waals surface area contributed by atoms with Crippen LogP contribution in [0.3, 0.4) is 0 Å². The highest BCUT2D eigenvalue weighted by Crippen LogP contribution is 2.42. The molecule has 2 aliphatic carbocycles. The van der Waals surface area contributed by atoms with E-state index in [4.69, 9.17) is 11.6 Å². The fraction of sp³-hybridized carbons (Fsp3) is 0.406. The van der Waals surface area contributed by atoms with Gasteiger partial charge >= 0.3 is 0 Å². The molecule has 45 heavy (non-hydrogen) atoms. The van der Waals surface area contributed by atoms with Gasteiger partial charge in [0, 0.05) is 42.6 Å². The number of allylic oxidation sites excluding steroid dienone is 3. The molecule has 3 aliphatic rings. The zero-order valence-electron chi connectivity index (χ0n) is 24.4. The molecule has 2 fully saturated rings. The van der Waals surface area contributed by atoms with E-state index in [9.17, 15) is 33.7 Å². The minimum absolute atomic E-state index is 0.00332. The third-order valence-electron chi connectivity index (χ3n) is 8.56. The zero-order chi connectivity index (χ0) is 32.4. The molecular formula is C32H30ClF2N7O3. The highest BCUT2D eigenvalue weighted by atomic mass is 35.5. The van der Waals surface area contributed by atoms with Gasteiger partial charge in [0.2, 0.25) is 23.7 Å². The lowest BCUT2D eigenvalue weighted by atomic mass is 9.74. The number of hydrogen-bond acceptors (Lipinski definition) is 7. The first-order chi connectivity index (χ1) is 21.5. The van der Waals surface area contributed by atoms with Gasteiger partial charge in [-0.05, 0) is 43.5 Å². The minimum atomic E-state index is -2.81. The Morgan fingerprint density at radius 2 is 1.91 bits per heavy atom. The normalized spacial score (nSPS) is 24.8. The molecule has 4 unspecified atom stereocenters. The molecule has 13 heteroatoms. The van der Waals surface area contributed by atoms with Crippen molar-refractivity contribution in [1.82, 2.24) is 15.3 Å². The van der Waals surface area contributed by atoms with Gasteiger partial charge in [0.15, 0.2) is 0 Å². The number of nitriles is 2. The summed E-state index contributed by atoms with van der Waals surface area (Å²) in [4.78, 5) is 53.0. The maximum Gasteiger partial charge on any atom is 0.251 e. The van der Waals surface area contributed by atoms with Crippen LogP contribution in [0, 0.1) is 28.1 Å². The van der Waals surface area contributed by atoms with Gasteiger partial charge in [0.25, 0.3) is 5.91 Å². The Morgan fingerprint density at radius 1 is 1.16 bits per heavy atom. The number of halogens is 3. The van der Waals surface area contributed by atoms with E-state index in [1.165, 1.54) is 23.2 Å². The van der Waals surface area contributed by atoms with Crippen molar-refractivity contribution < 1.29 is 23.2 Å². The molecule has 0 bridgehead atoms. The Labute approximate surface area is 264 Å². The second-order valence-corrected chi connectivity index (χ2v) is 12.1. The van der Waals surface area contributed by atoms with Gasteiger partial charge in [0.1, 0.15) is 23.8 Å². The third kappa shape index (κ3) is 6.43. The highest BCUT2D eigenvalue weighted by Gasteiger charge is 2.52. The number of carbonyl (C=O) groups is 3. The predicted molar refractivity (Wildman–Crippen MR) is 161 cm³/mol. The standard InChI is InChI=1S/C32H30ClF2N7O3/c1-31(13-3-2-7-25(31)33)27(28(44)39-21-10-14-32(34,35)15-11-21)41(23-6-4-5-20(17-23)18-36)29(45)24-8-9-26(43)42(24)30-38-16-12-22(19-37)40-30/h2-7,12-13,16-17,21,24-25,27H,8-11,14-15H2,1H3,(H,39,44). The number of amides is 3. The maximum absolute atomic E-state index is 14.8. The Morgan fingerprint density at radius 3 is 2.60 bits per heavy atom. The largest absolute Gasteiger partial charge is 0.352 e. The van der Waals surface area contributed by atoms with Crippen LogP contribution in [-0.2, 0) is 14.4 Å². The quantitative estimate of drug-likeness (QED) is 0.441. The van der Waals surface area contributed by atoms with Gasteiger partial charge in [0.05, 0.1) is 17.0 Å². The molecule has 3 amide bonds. The lowest BCUT2D eigenvalue weighted by Gasteiger charge is -2.45. The van der Waals surface area contributed by atoms with Crippen LogP contribution in [-0.4, -0.2) is 57.1 Å². The highest BCUT2D eigenvalue weighted by molar-refractivity contribution is 6.23. The van der Waals surface area contributed by atoms with Crippen molar-refractivity contribution >= 4 is 41.0 Å². The fourth-order valence-corrected chi connectivity index (χ4v) is 6.37. The number of alkyl halides is 3. The Hall–Kier alpha value is -4.68. The van der Waals surface area contributed by atoms with Crippen LogP contribution < -0.4 is 15.1 Å². The van der Waals surface area contributed by atoms with Gasteiger partial charge in [-0.25, -0.2) is 18.7 Å². The second-order valence-electron chi connectivity index (χ2n) is 11.6. The summed E-state index contributed by atoms with van der Waals surface area (Å²) < 4.78 is 27.9. The number of nitrogens with zero attached hydrogens (tertiary/aromatic N) is 6. The maximum atomic E-state index is 14.8. The molecule has 10 nitrogen and oxygen atoms in total. The van der Waals surface area contributed by atoms with Crippen LogP contribution in [0.25, 0.3) is 0 Å². The van der Waals surface area contributed by atoms with Gasteiger partial charge in [-0.15, -0.1) is 11.6 Å². The number of hydrogen-bond donors (Lipinski definition) is 1. The van der Waals surface area contributed by atoms with E-state index in [2.05, 4.69) is 15.3 Å². The molecule has 0 radical (unpaired) electrons. The van der Waals surface area contributed by atoms with Crippen molar-refractivity contribution in [2.75, 3.05) is 9.80 Å². The molecule has 4 atom stereocenters. The summed E-state index contributed by atoms with van der Waals surface area (Å²) >= 11 is 6.86. The third-order valence-corrected chi connectivity index (χ3v) is 9.18. The predicted octanol–water partition coefficient (Wildman–Crippen LogP) is 4.55. The molecule has 5 rings (SSSR count). The molecule has 2 aromatic rings. The fourth-order valence-electron chi connectivity index (χ4n) is 6.09. The average molecular weight is 634 g/mol. The lowest BCUT2D eigenvalue weighted by Crippen LogP contribution is -2.63. The molecule has 1 aromatic heterocycles. The first kappa shape index (κ1) is 31.7. The Kier molecular flexibility index (Phi) is 8.98. The van der Waals surface area contributed by atoms with Crippen molar-refractivity contribution in [2.24, 2.45) is 5.41 Å². The van der Waals surface area contributed by atoms with Gasteiger partial charge < -0.3 is 5.32 Å². The van der Waals surface area contributed by atoms with Crippen molar-refractivity contribution in [3.63, 3.8) is 0 Å². The molecule has 1 saturated carbocycles. The molecule has 2 heterocycles. The summed E-state index contributed by atoms with van der Waals surface area (Å²) in [6.07, 6.45) is 7.53. The minimum Gasteiger partial charge on any atom is -0.352 e. The molecule has 1 N–H and O–H groups in total. The summed E-state index contributed by atoms with van der Waals surface area (Å²) in [5.41, 5.74) is -0.804. The molecular weight excluding hydrogens is 604 g/mol. The molecule has 1 aromatic carbocycles. The number of benzene rings is 1. The van der Waals surface area contributed by atoms with Gasteiger partial charge in [-0.1, -0.05) is 37.3 Å². The summed E-state index contributed by atoms with van der Waals surface area (Å²) in [5.74, 6) is -4.67. The van der Waals surface area contributed by atoms with E-state index >= 15 is 0 Å². The molecule has 0 spiro atoms. The number of carbonyl (C=O) groups excluding carboxylic acids is 3. The van der Waals surface area contributed by atoms with Crippen LogP contribution in [0.1, 0.15) is 56.7 Å². The van der Waals surface area contributed by atoms with Crippen molar-refractivity contribution in [1.29, 1.82) is 10.5 Å². The van der Waals surface area contributed by atoms with E-state index in [1.807, 2.05) is 12.1 Å². The van der Waals surface area contributed by atoms with Crippen molar-refractivity contribution in [3.8, 4) is 12.1 Å². The van der Waals surface area contributed by atoms with E-state index in [-0.39, 0.29) is 61.4 Å². The topological polar surface area (TPSA) is 143 Å². The summed E-state index contributed by atoms with van der Waals surface area (Å²) in [7, 11) is 0. The summed E-state index contributed by atoms with van der Waals surface area (Å²) in [5, 5.41) is 21.2. The SMILES string of the molecule is CC1(C(C(=O)NC2CCC(F)(F)CC2)N(C(=O)C2CCC(=O)N2c2nccc(C#N)n2)c2cccc(C#N)c2)C=CC=CC1Cl. The number of nitrogens with one attached hydrogen (secondary N) is 1. The smallest absolute Gasteiger partial charge is 0.251 e. The summed E-state index contributed by atoms with van der Waals surface area (Å²) in [6, 6.07) is 8.40. The van der Waals surface area contributed by atoms with E-state index in [0.29, 0.717) is 0 Å². The molecule has 232 valence electrons. The van der Waals surface area contributed by atoms with Crippen molar-refractivity contribution in [2.45, 2.75) is 74.9 Å². The zero-order valence-corrected chi connectivity index (χ0v) is 25.1. The van der Waals surface area contributed by atoms with E-state index < -0.39 is 52.6 Å². The first-order valence-electron chi connectivity index (χ1n) is 14.5.